The Morgan fingerprint density at radius 2 is 2.16 bits per heavy atom. The van der Waals surface area contributed by atoms with Crippen LogP contribution in [0.3, 0.4) is 0 Å². The molecule has 1 aliphatic heterocycles. The van der Waals surface area contributed by atoms with Crippen molar-refractivity contribution in [2.75, 3.05) is 11.9 Å². The van der Waals surface area contributed by atoms with Crippen LogP contribution in [0.4, 0.5) is 5.69 Å². The maximum absolute atomic E-state index is 5.56. The predicted molar refractivity (Wildman–Crippen MR) is 79.9 cm³/mol. The third-order valence-electron chi connectivity index (χ3n) is 4.73. The summed E-state index contributed by atoms with van der Waals surface area (Å²) in [6.45, 7) is 3.18. The topological polar surface area (TPSA) is 21.3 Å². The Bertz CT molecular complexity index is 429. The summed E-state index contributed by atoms with van der Waals surface area (Å²) in [7, 11) is 0. The van der Waals surface area contributed by atoms with Crippen molar-refractivity contribution in [1.82, 2.24) is 0 Å². The van der Waals surface area contributed by atoms with Crippen molar-refractivity contribution < 1.29 is 4.74 Å². The monoisotopic (exact) mass is 259 g/mol. The van der Waals surface area contributed by atoms with E-state index in [0.717, 1.165) is 24.7 Å². The molecule has 1 fully saturated rings. The normalized spacial score (nSPS) is 26.4. The van der Waals surface area contributed by atoms with Gasteiger partial charge in [0.25, 0.3) is 0 Å². The molecule has 104 valence electrons. The third-order valence-corrected chi connectivity index (χ3v) is 4.73. The van der Waals surface area contributed by atoms with Gasteiger partial charge in [0, 0.05) is 18.2 Å². The second-order valence-electron chi connectivity index (χ2n) is 6.04. The van der Waals surface area contributed by atoms with Crippen LogP contribution in [-0.4, -0.2) is 12.6 Å². The number of ether oxygens (including phenoxy) is 1. The number of hydrogen-bond donors (Lipinski definition) is 1. The second-order valence-corrected chi connectivity index (χ2v) is 6.04. The average molecular weight is 259 g/mol. The lowest BCUT2D eigenvalue weighted by atomic mass is 9.98. The summed E-state index contributed by atoms with van der Waals surface area (Å²) in [5.74, 6) is 2.04. The van der Waals surface area contributed by atoms with Crippen LogP contribution >= 0.6 is 0 Å². The quantitative estimate of drug-likeness (QED) is 0.813. The Morgan fingerprint density at radius 1 is 1.21 bits per heavy atom. The number of nitrogens with one attached hydrogen (secondary N) is 1. The molecule has 0 saturated heterocycles. The molecule has 2 nitrogen and oxygen atoms in total. The number of fused-ring (bicyclic) bond motifs is 1. The molecule has 0 spiro atoms. The van der Waals surface area contributed by atoms with Crippen LogP contribution < -0.4 is 10.1 Å². The lowest BCUT2D eigenvalue weighted by Crippen LogP contribution is -2.18. The summed E-state index contributed by atoms with van der Waals surface area (Å²) in [5, 5.41) is 3.74. The van der Waals surface area contributed by atoms with Crippen molar-refractivity contribution in [2.45, 2.75) is 57.9 Å². The van der Waals surface area contributed by atoms with Crippen molar-refractivity contribution in [3.8, 4) is 5.75 Å². The third kappa shape index (κ3) is 3.05. The minimum absolute atomic E-state index is 0.664. The van der Waals surface area contributed by atoms with Gasteiger partial charge < -0.3 is 10.1 Å². The molecule has 2 heteroatoms. The molecule has 0 bridgehead atoms. The van der Waals surface area contributed by atoms with Crippen LogP contribution in [0, 0.1) is 5.92 Å². The molecule has 2 unspecified atom stereocenters. The Balaban J connectivity index is 1.61. The molecule has 1 heterocycles. The van der Waals surface area contributed by atoms with Gasteiger partial charge in [-0.25, -0.2) is 0 Å². The van der Waals surface area contributed by atoms with Crippen molar-refractivity contribution in [1.29, 1.82) is 0 Å². The molecule has 1 N–H and O–H groups in total. The van der Waals surface area contributed by atoms with E-state index >= 15 is 0 Å². The van der Waals surface area contributed by atoms with E-state index in [2.05, 4.69) is 30.4 Å². The highest BCUT2D eigenvalue weighted by Gasteiger charge is 2.18. The molecule has 2 atom stereocenters. The number of benzene rings is 1. The van der Waals surface area contributed by atoms with Crippen LogP contribution in [0.15, 0.2) is 18.2 Å². The first-order valence-electron chi connectivity index (χ1n) is 7.87. The van der Waals surface area contributed by atoms with Crippen molar-refractivity contribution in [3.05, 3.63) is 23.8 Å². The van der Waals surface area contributed by atoms with Gasteiger partial charge in [-0.2, -0.15) is 0 Å². The van der Waals surface area contributed by atoms with Gasteiger partial charge in [-0.05, 0) is 48.9 Å². The number of hydrogen-bond acceptors (Lipinski definition) is 2. The molecular formula is C17H25NO. The summed E-state index contributed by atoms with van der Waals surface area (Å²) in [6, 6.07) is 7.24. The largest absolute Gasteiger partial charge is 0.493 e. The molecule has 1 aliphatic carbocycles. The van der Waals surface area contributed by atoms with Gasteiger partial charge >= 0.3 is 0 Å². The van der Waals surface area contributed by atoms with Crippen LogP contribution in [0.5, 0.6) is 5.75 Å². The summed E-state index contributed by atoms with van der Waals surface area (Å²) in [6.07, 6.45) is 9.26. The molecule has 19 heavy (non-hydrogen) atoms. The molecule has 2 aliphatic rings. The molecular weight excluding hydrogens is 234 g/mol. The molecule has 0 amide bonds. The molecule has 1 aromatic rings. The first-order valence-corrected chi connectivity index (χ1v) is 7.87. The van der Waals surface area contributed by atoms with Gasteiger partial charge in [0.1, 0.15) is 5.75 Å². The van der Waals surface area contributed by atoms with E-state index in [0.29, 0.717) is 6.04 Å². The van der Waals surface area contributed by atoms with E-state index in [4.69, 9.17) is 4.74 Å². The highest BCUT2D eigenvalue weighted by Crippen LogP contribution is 2.30. The Morgan fingerprint density at radius 3 is 3.05 bits per heavy atom. The summed E-state index contributed by atoms with van der Waals surface area (Å²) < 4.78 is 5.56. The number of rotatable bonds is 3. The maximum atomic E-state index is 5.56. The predicted octanol–water partition coefficient (Wildman–Crippen LogP) is 4.39. The maximum Gasteiger partial charge on any atom is 0.122 e. The lowest BCUT2D eigenvalue weighted by Gasteiger charge is -2.18. The van der Waals surface area contributed by atoms with Crippen molar-refractivity contribution in [3.63, 3.8) is 0 Å². The summed E-state index contributed by atoms with van der Waals surface area (Å²) in [5.41, 5.74) is 2.65. The Kier molecular flexibility index (Phi) is 3.95. The van der Waals surface area contributed by atoms with Gasteiger partial charge in [-0.15, -0.1) is 0 Å². The fraction of sp³-hybridized carbons (Fsp3) is 0.647. The smallest absolute Gasteiger partial charge is 0.122 e. The zero-order valence-electron chi connectivity index (χ0n) is 12.0. The van der Waals surface area contributed by atoms with Gasteiger partial charge in [0.05, 0.1) is 6.61 Å². The molecule has 1 aromatic carbocycles. The second kappa shape index (κ2) is 5.85. The summed E-state index contributed by atoms with van der Waals surface area (Å²) in [4.78, 5) is 0. The fourth-order valence-corrected chi connectivity index (χ4v) is 3.44. The van der Waals surface area contributed by atoms with Crippen LogP contribution in [0.2, 0.25) is 0 Å². The van der Waals surface area contributed by atoms with Crippen molar-refractivity contribution >= 4 is 5.69 Å². The zero-order valence-corrected chi connectivity index (χ0v) is 12.0. The van der Waals surface area contributed by atoms with E-state index in [1.165, 1.54) is 49.8 Å². The fourth-order valence-electron chi connectivity index (χ4n) is 3.44. The average Bonchev–Trinajstić information content (AvgIpc) is 2.77. The van der Waals surface area contributed by atoms with E-state index in [-0.39, 0.29) is 0 Å². The van der Waals surface area contributed by atoms with Gasteiger partial charge in [0.15, 0.2) is 0 Å². The van der Waals surface area contributed by atoms with Crippen molar-refractivity contribution in [2.24, 2.45) is 5.92 Å². The first kappa shape index (κ1) is 12.8. The van der Waals surface area contributed by atoms with Gasteiger partial charge in [-0.1, -0.05) is 26.2 Å². The van der Waals surface area contributed by atoms with E-state index in [1.807, 2.05) is 0 Å². The van der Waals surface area contributed by atoms with E-state index in [9.17, 15) is 0 Å². The minimum Gasteiger partial charge on any atom is -0.493 e. The number of anilines is 1. The van der Waals surface area contributed by atoms with E-state index in [1.54, 1.807) is 0 Å². The van der Waals surface area contributed by atoms with Crippen LogP contribution in [-0.2, 0) is 6.42 Å². The molecule has 3 rings (SSSR count). The molecule has 1 saturated carbocycles. The standard InChI is InChI=1S/C17H25NO/c1-2-13-4-3-5-15(7-6-13)18-16-8-9-17-14(12-16)10-11-19-17/h8-9,12-13,15,18H,2-7,10-11H2,1H3. The minimum atomic E-state index is 0.664. The zero-order chi connectivity index (χ0) is 13.1. The highest BCUT2D eigenvalue weighted by atomic mass is 16.5. The van der Waals surface area contributed by atoms with Crippen LogP contribution in [0.1, 0.15) is 51.0 Å². The highest BCUT2D eigenvalue weighted by molar-refractivity contribution is 5.52. The Labute approximate surface area is 116 Å². The SMILES string of the molecule is CCC1CCCC(Nc2ccc3c(c2)CCO3)CC1. The van der Waals surface area contributed by atoms with Gasteiger partial charge in [0.2, 0.25) is 0 Å². The molecule has 0 aromatic heterocycles. The summed E-state index contributed by atoms with van der Waals surface area (Å²) >= 11 is 0. The lowest BCUT2D eigenvalue weighted by molar-refractivity contribution is 0.357. The Hall–Kier alpha value is -1.18. The first-order chi connectivity index (χ1) is 9.35. The van der Waals surface area contributed by atoms with E-state index < -0.39 is 0 Å². The van der Waals surface area contributed by atoms with Crippen LogP contribution in [0.25, 0.3) is 0 Å². The van der Waals surface area contributed by atoms with Gasteiger partial charge in [-0.3, -0.25) is 0 Å². The molecule has 0 radical (unpaired) electrons.